The Morgan fingerprint density at radius 2 is 1.38 bits per heavy atom. The number of carboxylic acids is 1. The third-order valence-electron chi connectivity index (χ3n) is 10.4. The molecule has 11 N–H and O–H groups in total. The number of nitrogens with zero attached hydrogens (tertiary/aromatic N) is 1. The summed E-state index contributed by atoms with van der Waals surface area (Å²) in [6.07, 6.45) is 0.937. The van der Waals surface area contributed by atoms with Crippen LogP contribution in [0.3, 0.4) is 0 Å². The Hall–Kier alpha value is -5.24. The number of aliphatic carboxylic acids is 1. The molecule has 0 unspecified atom stereocenters. The average Bonchev–Trinajstić information content (AvgIpc) is 3.71. The minimum atomic E-state index is -1.29. The third-order valence-corrected chi connectivity index (χ3v) is 10.8. The third kappa shape index (κ3) is 16.6. The lowest BCUT2D eigenvalue weighted by Gasteiger charge is -2.32. The second-order valence-corrected chi connectivity index (χ2v) is 16.5. The Labute approximate surface area is 362 Å². The van der Waals surface area contributed by atoms with Crippen LogP contribution in [-0.4, -0.2) is 124 Å². The van der Waals surface area contributed by atoms with Crippen LogP contribution in [-0.2, 0) is 49.6 Å². The molecule has 1 fully saturated rings. The van der Waals surface area contributed by atoms with Crippen LogP contribution in [0.1, 0.15) is 85.6 Å². The lowest BCUT2D eigenvalue weighted by molar-refractivity contribution is -0.143. The number of rotatable bonds is 25. The summed E-state index contributed by atoms with van der Waals surface area (Å²) in [7, 11) is 0. The van der Waals surface area contributed by atoms with Gasteiger partial charge in [0.05, 0.1) is 6.54 Å². The van der Waals surface area contributed by atoms with E-state index in [1.54, 1.807) is 58.0 Å². The summed E-state index contributed by atoms with van der Waals surface area (Å²) in [5, 5.41) is 25.2. The molecule has 0 aromatic heterocycles. The van der Waals surface area contributed by atoms with Gasteiger partial charge in [-0.25, -0.2) is 4.79 Å². The van der Waals surface area contributed by atoms with E-state index >= 15 is 0 Å². The number of carbonyl (C=O) groups excluding carboxylic acids is 8. The van der Waals surface area contributed by atoms with Gasteiger partial charge in [-0.05, 0) is 49.0 Å². The molecule has 1 aromatic carbocycles. The lowest BCUT2D eigenvalue weighted by atomic mass is 9.96. The van der Waals surface area contributed by atoms with Gasteiger partial charge in [-0.1, -0.05) is 78.3 Å². The van der Waals surface area contributed by atoms with Gasteiger partial charge in [0.1, 0.15) is 42.3 Å². The largest absolute Gasteiger partial charge is 0.480 e. The Bertz CT molecular complexity index is 1700. The number of amides is 8. The first-order valence-electron chi connectivity index (χ1n) is 20.7. The predicted molar refractivity (Wildman–Crippen MR) is 229 cm³/mol. The van der Waals surface area contributed by atoms with Crippen molar-refractivity contribution in [2.45, 2.75) is 129 Å². The molecule has 20 heteroatoms. The standard InChI is InChI=1S/C41H65N9O10S/c1-7-24(6)34(49-35(53)26(15-16-31(43)51)44-32(52)20-42)39(57)45-27(18-22(2)3)36(54)46-28(19-25-12-9-8-10-13-25)40(58)50-17-11-14-30(50)37(55)48-33(23(4)5)38(56)47-29(21-61)41(59)60/h8-10,12-13,22-24,26-30,33-34,61H,7,11,14-21,42H2,1-6H3,(H2,43,51)(H,44,52)(H,45,57)(H,46,54)(H,47,56)(H,48,55)(H,49,53)(H,59,60)/t24-,26-,27-,28-,29-,30-,33-,34-/m0/s1. The lowest BCUT2D eigenvalue weighted by Crippen LogP contribution is -2.61. The molecule has 19 nitrogen and oxygen atoms in total. The minimum absolute atomic E-state index is 0.0304. The summed E-state index contributed by atoms with van der Waals surface area (Å²) >= 11 is 3.99. The zero-order valence-corrected chi connectivity index (χ0v) is 36.8. The van der Waals surface area contributed by atoms with Crippen molar-refractivity contribution in [3.05, 3.63) is 35.9 Å². The Morgan fingerprint density at radius 3 is 1.92 bits per heavy atom. The van der Waals surface area contributed by atoms with Crippen molar-refractivity contribution in [3.63, 3.8) is 0 Å². The van der Waals surface area contributed by atoms with Crippen LogP contribution < -0.4 is 43.4 Å². The maximum Gasteiger partial charge on any atom is 0.327 e. The van der Waals surface area contributed by atoms with E-state index in [-0.39, 0.29) is 50.3 Å². The van der Waals surface area contributed by atoms with Gasteiger partial charge in [0.2, 0.25) is 47.3 Å². The molecule has 1 aromatic rings. The van der Waals surface area contributed by atoms with E-state index in [1.807, 2.05) is 13.8 Å². The molecule has 2 rings (SSSR count). The van der Waals surface area contributed by atoms with Gasteiger partial charge >= 0.3 is 5.97 Å². The second-order valence-electron chi connectivity index (χ2n) is 16.1. The molecule has 1 aliphatic rings. The number of carbonyl (C=O) groups is 9. The zero-order valence-electron chi connectivity index (χ0n) is 35.9. The molecule has 1 saturated heterocycles. The summed E-state index contributed by atoms with van der Waals surface area (Å²) in [5.74, 6) is -7.90. The van der Waals surface area contributed by atoms with Crippen molar-refractivity contribution in [2.24, 2.45) is 29.2 Å². The van der Waals surface area contributed by atoms with Gasteiger partial charge in [-0.3, -0.25) is 38.4 Å². The second kappa shape index (κ2) is 25.5. The van der Waals surface area contributed by atoms with Gasteiger partial charge in [-0.2, -0.15) is 12.6 Å². The van der Waals surface area contributed by atoms with E-state index in [4.69, 9.17) is 11.5 Å². The van der Waals surface area contributed by atoms with Gasteiger partial charge in [0.25, 0.3) is 0 Å². The highest BCUT2D eigenvalue weighted by atomic mass is 32.1. The first kappa shape index (κ1) is 51.9. The van der Waals surface area contributed by atoms with Crippen LogP contribution in [0.15, 0.2) is 30.3 Å². The van der Waals surface area contributed by atoms with Crippen LogP contribution in [0.5, 0.6) is 0 Å². The number of likely N-dealkylation sites (tertiary alicyclic amines) is 1. The predicted octanol–water partition coefficient (Wildman–Crippen LogP) is -0.884. The number of hydrogen-bond donors (Lipinski definition) is 10. The smallest absolute Gasteiger partial charge is 0.327 e. The van der Waals surface area contributed by atoms with E-state index in [1.165, 1.54) is 4.90 Å². The molecule has 0 aliphatic carbocycles. The van der Waals surface area contributed by atoms with Crippen LogP contribution in [0, 0.1) is 17.8 Å². The topological polar surface area (TPSA) is 301 Å². The first-order chi connectivity index (χ1) is 28.7. The van der Waals surface area contributed by atoms with Crippen molar-refractivity contribution in [2.75, 3.05) is 18.8 Å². The number of thiol groups is 1. The van der Waals surface area contributed by atoms with Crippen molar-refractivity contribution in [3.8, 4) is 0 Å². The van der Waals surface area contributed by atoms with Crippen molar-refractivity contribution < 1.29 is 48.3 Å². The fraction of sp³-hybridized carbons (Fsp3) is 0.634. The number of nitrogens with two attached hydrogens (primary N) is 2. The molecular weight excluding hydrogens is 811 g/mol. The number of carboxylic acid groups (broad SMARTS) is 1. The summed E-state index contributed by atoms with van der Waals surface area (Å²) in [6, 6.07) is 0.692. The van der Waals surface area contributed by atoms with Gasteiger partial charge in [-0.15, -0.1) is 0 Å². The maximum atomic E-state index is 14.5. The Kier molecular flexibility index (Phi) is 21.7. The zero-order chi connectivity index (χ0) is 46.0. The van der Waals surface area contributed by atoms with E-state index in [2.05, 4.69) is 44.5 Å². The molecule has 8 atom stereocenters. The van der Waals surface area contributed by atoms with Crippen LogP contribution in [0.25, 0.3) is 0 Å². The van der Waals surface area contributed by atoms with E-state index in [9.17, 15) is 48.3 Å². The molecular formula is C41H65N9O10S. The van der Waals surface area contributed by atoms with Crippen molar-refractivity contribution >= 4 is 65.9 Å². The number of primary amides is 1. The van der Waals surface area contributed by atoms with Gasteiger partial charge < -0.3 is 53.4 Å². The fourth-order valence-electron chi connectivity index (χ4n) is 6.79. The highest BCUT2D eigenvalue weighted by Gasteiger charge is 2.41. The molecule has 1 aliphatic heterocycles. The summed E-state index contributed by atoms with van der Waals surface area (Å²) in [6.45, 7) is 10.3. The molecule has 0 radical (unpaired) electrons. The minimum Gasteiger partial charge on any atom is -0.480 e. The molecule has 61 heavy (non-hydrogen) atoms. The number of hydrogen-bond acceptors (Lipinski definition) is 11. The Morgan fingerprint density at radius 1 is 0.787 bits per heavy atom. The quantitative estimate of drug-likeness (QED) is 0.0538. The molecule has 340 valence electrons. The molecule has 1 heterocycles. The number of nitrogens with one attached hydrogen (secondary N) is 6. The van der Waals surface area contributed by atoms with Crippen LogP contribution >= 0.6 is 12.6 Å². The first-order valence-corrected chi connectivity index (χ1v) is 21.3. The fourth-order valence-corrected chi connectivity index (χ4v) is 7.03. The average molecular weight is 876 g/mol. The Balaban J connectivity index is 2.40. The van der Waals surface area contributed by atoms with Crippen LogP contribution in [0.4, 0.5) is 0 Å². The van der Waals surface area contributed by atoms with E-state index in [0.29, 0.717) is 18.4 Å². The molecule has 0 bridgehead atoms. The van der Waals surface area contributed by atoms with Crippen molar-refractivity contribution in [1.82, 2.24) is 36.8 Å². The summed E-state index contributed by atoms with van der Waals surface area (Å²) < 4.78 is 0. The highest BCUT2D eigenvalue weighted by molar-refractivity contribution is 7.80. The summed E-state index contributed by atoms with van der Waals surface area (Å²) in [5.41, 5.74) is 11.4. The summed E-state index contributed by atoms with van der Waals surface area (Å²) in [4.78, 5) is 120. The SMILES string of the molecule is CC[C@H](C)[C@H](NC(=O)[C@H](CCC(N)=O)NC(=O)CN)C(=O)N[C@@H](CC(C)C)C(=O)N[C@@H](Cc1ccccc1)C(=O)N1CCC[C@H]1C(=O)N[C@H](C(=O)N[C@@H](CS)C(=O)O)C(C)C. The maximum absolute atomic E-state index is 14.5. The van der Waals surface area contributed by atoms with E-state index in [0.717, 1.165) is 0 Å². The monoisotopic (exact) mass is 875 g/mol. The highest BCUT2D eigenvalue weighted by Crippen LogP contribution is 2.21. The van der Waals surface area contributed by atoms with Gasteiger partial charge in [0, 0.05) is 25.1 Å². The van der Waals surface area contributed by atoms with E-state index < -0.39 is 114 Å². The van der Waals surface area contributed by atoms with Gasteiger partial charge in [0.15, 0.2) is 0 Å². The van der Waals surface area contributed by atoms with Crippen molar-refractivity contribution in [1.29, 1.82) is 0 Å². The van der Waals surface area contributed by atoms with Crippen LogP contribution in [0.2, 0.25) is 0 Å². The normalized spacial score (nSPS) is 17.1. The molecule has 0 spiro atoms. The number of benzene rings is 1. The molecule has 8 amide bonds. The molecule has 0 saturated carbocycles.